The highest BCUT2D eigenvalue weighted by Gasteiger charge is 2.19. The lowest BCUT2D eigenvalue weighted by atomic mass is 9.86. The molecule has 3 aromatic rings. The molecule has 0 radical (unpaired) electrons. The van der Waals surface area contributed by atoms with Gasteiger partial charge in [-0.2, -0.15) is 0 Å². The number of hydrogen-bond acceptors (Lipinski definition) is 2. The third-order valence-corrected chi connectivity index (χ3v) is 6.35. The number of thiophene rings is 1. The minimum absolute atomic E-state index is 0.156. The normalized spacial score (nSPS) is 12.2. The summed E-state index contributed by atoms with van der Waals surface area (Å²) in [5.74, 6) is 0. The topological polar surface area (TPSA) is 41.8 Å². The number of benzene rings is 1. The average Bonchev–Trinajstić information content (AvgIpc) is 3.09. The van der Waals surface area contributed by atoms with Gasteiger partial charge in [0.15, 0.2) is 0 Å². The number of halogens is 1. The number of aryl methyl sites for hydroxylation is 1. The van der Waals surface area contributed by atoms with Crippen molar-refractivity contribution in [3.8, 4) is 10.6 Å². The summed E-state index contributed by atoms with van der Waals surface area (Å²) in [6.45, 7) is 7.57. The van der Waals surface area contributed by atoms with Crippen LogP contribution in [0.2, 0.25) is 0 Å². The van der Waals surface area contributed by atoms with E-state index in [1.807, 2.05) is 0 Å². The van der Waals surface area contributed by atoms with Crippen LogP contribution < -0.4 is 5.73 Å². The van der Waals surface area contributed by atoms with Crippen LogP contribution in [0.5, 0.6) is 0 Å². The summed E-state index contributed by atoms with van der Waals surface area (Å²) < 4.78 is 1.16. The predicted molar refractivity (Wildman–Crippen MR) is 110 cm³/mol. The second-order valence-electron chi connectivity index (χ2n) is 7.33. The maximum absolute atomic E-state index is 5.71. The first kappa shape index (κ1) is 17.7. The summed E-state index contributed by atoms with van der Waals surface area (Å²) in [6, 6.07) is 8.97. The van der Waals surface area contributed by atoms with Gasteiger partial charge in [-0.15, -0.1) is 11.3 Å². The zero-order valence-corrected chi connectivity index (χ0v) is 17.0. The lowest BCUT2D eigenvalue weighted by Gasteiger charge is -2.19. The van der Waals surface area contributed by atoms with Crippen LogP contribution in [0.15, 0.2) is 34.1 Å². The van der Waals surface area contributed by atoms with Crippen LogP contribution in [0.25, 0.3) is 21.5 Å². The zero-order chi connectivity index (χ0) is 17.3. The maximum Gasteiger partial charge on any atom is 0.0650 e. The molecule has 0 aliphatic heterocycles. The Hall–Kier alpha value is -1.10. The van der Waals surface area contributed by atoms with Gasteiger partial charge in [0, 0.05) is 15.4 Å². The van der Waals surface area contributed by atoms with E-state index in [9.17, 15) is 0 Å². The molecule has 0 aliphatic rings. The molecule has 4 heteroatoms. The Bertz CT molecular complexity index is 839. The molecule has 0 fully saturated rings. The summed E-state index contributed by atoms with van der Waals surface area (Å²) >= 11 is 5.47. The average molecular weight is 405 g/mol. The van der Waals surface area contributed by atoms with Gasteiger partial charge in [0.05, 0.1) is 10.6 Å². The molecule has 24 heavy (non-hydrogen) atoms. The van der Waals surface area contributed by atoms with Gasteiger partial charge in [-0.05, 0) is 81.9 Å². The fourth-order valence-electron chi connectivity index (χ4n) is 3.09. The van der Waals surface area contributed by atoms with E-state index in [0.29, 0.717) is 0 Å². The maximum atomic E-state index is 5.71. The van der Waals surface area contributed by atoms with Gasteiger partial charge in [0.1, 0.15) is 0 Å². The van der Waals surface area contributed by atoms with Crippen molar-refractivity contribution in [3.05, 3.63) is 45.2 Å². The molecular weight excluding hydrogens is 380 g/mol. The van der Waals surface area contributed by atoms with Crippen molar-refractivity contribution < 1.29 is 0 Å². The summed E-state index contributed by atoms with van der Waals surface area (Å²) in [5.41, 5.74) is 11.1. The lowest BCUT2D eigenvalue weighted by molar-refractivity contribution is 0.591. The number of fused-ring (bicyclic) bond motifs is 1. The van der Waals surface area contributed by atoms with Gasteiger partial charge < -0.3 is 10.7 Å². The lowest BCUT2D eigenvalue weighted by Crippen LogP contribution is -2.10. The van der Waals surface area contributed by atoms with E-state index < -0.39 is 0 Å². The molecule has 1 aromatic carbocycles. The molecule has 0 spiro atoms. The van der Waals surface area contributed by atoms with Crippen LogP contribution in [0.1, 0.15) is 44.7 Å². The first-order chi connectivity index (χ1) is 11.4. The Morgan fingerprint density at radius 2 is 1.96 bits per heavy atom. The third kappa shape index (κ3) is 3.46. The van der Waals surface area contributed by atoms with E-state index in [-0.39, 0.29) is 5.41 Å². The minimum atomic E-state index is 0.156. The quantitative estimate of drug-likeness (QED) is 0.485. The predicted octanol–water partition coefficient (Wildman–Crippen LogP) is 6.24. The van der Waals surface area contributed by atoms with Crippen LogP contribution in [-0.2, 0) is 11.8 Å². The van der Waals surface area contributed by atoms with E-state index in [2.05, 4.69) is 71.3 Å². The van der Waals surface area contributed by atoms with Crippen molar-refractivity contribution in [1.82, 2.24) is 4.98 Å². The summed E-state index contributed by atoms with van der Waals surface area (Å²) in [6.07, 6.45) is 3.25. The molecule has 2 nitrogen and oxygen atoms in total. The molecule has 0 aliphatic carbocycles. The highest BCUT2D eigenvalue weighted by molar-refractivity contribution is 9.10. The van der Waals surface area contributed by atoms with E-state index in [1.165, 1.54) is 32.6 Å². The van der Waals surface area contributed by atoms with Crippen molar-refractivity contribution in [1.29, 1.82) is 0 Å². The number of nitrogens with two attached hydrogens (primary N) is 1. The first-order valence-corrected chi connectivity index (χ1v) is 10.2. The van der Waals surface area contributed by atoms with Crippen LogP contribution in [-0.4, -0.2) is 11.5 Å². The van der Waals surface area contributed by atoms with Gasteiger partial charge in [-0.1, -0.05) is 26.8 Å². The summed E-state index contributed by atoms with van der Waals surface area (Å²) in [4.78, 5) is 4.95. The molecule has 3 rings (SSSR count). The standard InChI is InChI=1S/C20H25BrN2S/c1-20(2,3)13-7-8-17-15(12-13)14(6-4-5-10-22)18(23-17)19-16(21)9-11-24-19/h7-9,11-12,23H,4-6,10,22H2,1-3H3. The molecule has 0 unspecified atom stereocenters. The molecule has 2 heterocycles. The number of H-pyrrole nitrogens is 1. The highest BCUT2D eigenvalue weighted by Crippen LogP contribution is 2.39. The number of hydrogen-bond donors (Lipinski definition) is 2. The van der Waals surface area contributed by atoms with Gasteiger partial charge in [0.2, 0.25) is 0 Å². The van der Waals surface area contributed by atoms with Crippen LogP contribution in [0, 0.1) is 0 Å². The van der Waals surface area contributed by atoms with Gasteiger partial charge in [0.25, 0.3) is 0 Å². The molecular formula is C20H25BrN2S. The Balaban J connectivity index is 2.16. The highest BCUT2D eigenvalue weighted by atomic mass is 79.9. The number of aromatic nitrogens is 1. The zero-order valence-electron chi connectivity index (χ0n) is 14.6. The van der Waals surface area contributed by atoms with Crippen molar-refractivity contribution in [2.24, 2.45) is 5.73 Å². The molecule has 2 aromatic heterocycles. The van der Waals surface area contributed by atoms with Gasteiger partial charge in [-0.25, -0.2) is 0 Å². The molecule has 0 saturated carbocycles. The van der Waals surface area contributed by atoms with Crippen molar-refractivity contribution in [2.75, 3.05) is 6.54 Å². The van der Waals surface area contributed by atoms with E-state index >= 15 is 0 Å². The monoisotopic (exact) mass is 404 g/mol. The number of unbranched alkanes of at least 4 members (excludes halogenated alkanes) is 1. The fourth-order valence-corrected chi connectivity index (χ4v) is 4.68. The van der Waals surface area contributed by atoms with Gasteiger partial charge in [-0.3, -0.25) is 0 Å². The fraction of sp³-hybridized carbons (Fsp3) is 0.400. The molecule has 3 N–H and O–H groups in total. The van der Waals surface area contributed by atoms with E-state index in [1.54, 1.807) is 11.3 Å². The SMILES string of the molecule is CC(C)(C)c1ccc2[nH]c(-c3sccc3Br)c(CCCCN)c2c1. The van der Waals surface area contributed by atoms with Gasteiger partial charge >= 0.3 is 0 Å². The van der Waals surface area contributed by atoms with Crippen LogP contribution in [0.3, 0.4) is 0 Å². The molecule has 0 saturated heterocycles. The largest absolute Gasteiger partial charge is 0.354 e. The second-order valence-corrected chi connectivity index (χ2v) is 9.10. The first-order valence-electron chi connectivity index (χ1n) is 8.50. The second kappa shape index (κ2) is 7.03. The Kier molecular flexibility index (Phi) is 5.19. The molecule has 128 valence electrons. The smallest absolute Gasteiger partial charge is 0.0650 e. The number of nitrogens with one attached hydrogen (secondary N) is 1. The Labute approximate surface area is 156 Å². The molecule has 0 bridgehead atoms. The van der Waals surface area contributed by atoms with Crippen LogP contribution in [0.4, 0.5) is 0 Å². The Morgan fingerprint density at radius 3 is 2.58 bits per heavy atom. The van der Waals surface area contributed by atoms with E-state index in [0.717, 1.165) is 30.3 Å². The van der Waals surface area contributed by atoms with Crippen molar-refractivity contribution in [2.45, 2.75) is 45.4 Å². The van der Waals surface area contributed by atoms with Crippen molar-refractivity contribution in [3.63, 3.8) is 0 Å². The third-order valence-electron chi connectivity index (χ3n) is 4.50. The minimum Gasteiger partial charge on any atom is -0.354 e. The molecule has 0 amide bonds. The van der Waals surface area contributed by atoms with Crippen LogP contribution >= 0.6 is 27.3 Å². The van der Waals surface area contributed by atoms with E-state index in [4.69, 9.17) is 5.73 Å². The molecule has 0 atom stereocenters. The van der Waals surface area contributed by atoms with Crippen molar-refractivity contribution >= 4 is 38.2 Å². The summed E-state index contributed by atoms with van der Waals surface area (Å²) in [5, 5.41) is 3.49. The summed E-state index contributed by atoms with van der Waals surface area (Å²) in [7, 11) is 0. The number of aromatic amines is 1. The number of rotatable bonds is 5. The Morgan fingerprint density at radius 1 is 1.17 bits per heavy atom.